The first-order valence-corrected chi connectivity index (χ1v) is 10.9. The van der Waals surface area contributed by atoms with E-state index in [4.69, 9.17) is 16.3 Å². The van der Waals surface area contributed by atoms with Crippen LogP contribution in [0.3, 0.4) is 0 Å². The van der Waals surface area contributed by atoms with E-state index < -0.39 is 10.0 Å². The highest BCUT2D eigenvalue weighted by atomic mass is 79.9. The van der Waals surface area contributed by atoms with Crippen molar-refractivity contribution in [1.82, 2.24) is 9.21 Å². The number of rotatable bonds is 5. The van der Waals surface area contributed by atoms with Gasteiger partial charge in [0.25, 0.3) is 5.91 Å². The van der Waals surface area contributed by atoms with Gasteiger partial charge in [-0.05, 0) is 52.3 Å². The van der Waals surface area contributed by atoms with Crippen molar-refractivity contribution in [3.8, 4) is 5.75 Å². The number of carbonyl (C=O) groups excluding carboxylic acids is 1. The molecule has 0 aliphatic carbocycles. The van der Waals surface area contributed by atoms with Crippen LogP contribution >= 0.6 is 27.5 Å². The molecule has 2 aromatic carbocycles. The van der Waals surface area contributed by atoms with Gasteiger partial charge in [-0.1, -0.05) is 23.7 Å². The lowest BCUT2D eigenvalue weighted by molar-refractivity contribution is -0.134. The molecule has 0 N–H and O–H groups in total. The molecule has 2 aromatic rings. The van der Waals surface area contributed by atoms with Crippen LogP contribution in [-0.4, -0.2) is 56.3 Å². The predicted molar refractivity (Wildman–Crippen MR) is 106 cm³/mol. The van der Waals surface area contributed by atoms with Crippen LogP contribution in [0.25, 0.3) is 0 Å². The second-order valence-corrected chi connectivity index (χ2v) is 9.19. The predicted octanol–water partition coefficient (Wildman–Crippen LogP) is 3.01. The number of amides is 1. The Kier molecular flexibility index (Phi) is 6.41. The fraction of sp³-hybridized carbons (Fsp3) is 0.278. The first-order chi connectivity index (χ1) is 12.9. The highest BCUT2D eigenvalue weighted by molar-refractivity contribution is 9.10. The van der Waals surface area contributed by atoms with Crippen LogP contribution in [0.4, 0.5) is 0 Å². The van der Waals surface area contributed by atoms with Crippen molar-refractivity contribution < 1.29 is 17.9 Å². The van der Waals surface area contributed by atoms with E-state index in [2.05, 4.69) is 15.9 Å². The third-order valence-corrected chi connectivity index (χ3v) is 7.05. The second kappa shape index (κ2) is 8.60. The number of hydrogen-bond donors (Lipinski definition) is 0. The Balaban J connectivity index is 1.56. The number of halogens is 2. The van der Waals surface area contributed by atoms with E-state index in [1.807, 2.05) is 18.2 Å². The van der Waals surface area contributed by atoms with E-state index >= 15 is 0 Å². The Morgan fingerprint density at radius 2 is 1.67 bits per heavy atom. The average Bonchev–Trinajstić information content (AvgIpc) is 2.67. The van der Waals surface area contributed by atoms with Gasteiger partial charge in [-0.25, -0.2) is 8.42 Å². The molecule has 27 heavy (non-hydrogen) atoms. The van der Waals surface area contributed by atoms with Crippen LogP contribution in [0.1, 0.15) is 0 Å². The van der Waals surface area contributed by atoms with Crippen LogP contribution in [0.15, 0.2) is 57.9 Å². The van der Waals surface area contributed by atoms with Gasteiger partial charge in [0.15, 0.2) is 6.61 Å². The van der Waals surface area contributed by atoms with Gasteiger partial charge in [-0.15, -0.1) is 0 Å². The molecule has 0 unspecified atom stereocenters. The minimum absolute atomic E-state index is 0.0907. The molecule has 0 bridgehead atoms. The third-order valence-electron chi connectivity index (χ3n) is 4.23. The van der Waals surface area contributed by atoms with Crippen molar-refractivity contribution >= 4 is 43.5 Å². The largest absolute Gasteiger partial charge is 0.483 e. The monoisotopic (exact) mass is 472 g/mol. The minimum atomic E-state index is -3.59. The van der Waals surface area contributed by atoms with Gasteiger partial charge in [0.1, 0.15) is 5.75 Å². The van der Waals surface area contributed by atoms with Gasteiger partial charge in [0, 0.05) is 31.2 Å². The molecule has 0 saturated carbocycles. The molecular formula is C18H18BrClN2O4S. The molecule has 9 heteroatoms. The second-order valence-electron chi connectivity index (χ2n) is 5.96. The standard InChI is InChI=1S/C18H18BrClN2O4S/c19-16-3-1-2-4-17(16)26-13-18(23)21-9-11-22(12-10-21)27(24,25)15-7-5-14(20)6-8-15/h1-8H,9-13H2. The van der Waals surface area contributed by atoms with Crippen LogP contribution in [-0.2, 0) is 14.8 Å². The van der Waals surface area contributed by atoms with Crippen molar-refractivity contribution in [2.75, 3.05) is 32.8 Å². The number of carbonyl (C=O) groups is 1. The van der Waals surface area contributed by atoms with Gasteiger partial charge in [-0.3, -0.25) is 4.79 Å². The fourth-order valence-electron chi connectivity index (χ4n) is 2.73. The number of benzene rings is 2. The van der Waals surface area contributed by atoms with Crippen LogP contribution in [0.2, 0.25) is 5.02 Å². The third kappa shape index (κ3) is 4.82. The van der Waals surface area contributed by atoms with Gasteiger partial charge in [-0.2, -0.15) is 4.31 Å². The molecule has 1 aliphatic rings. The molecule has 0 radical (unpaired) electrons. The van der Waals surface area contributed by atoms with E-state index in [0.29, 0.717) is 23.9 Å². The number of piperazine rings is 1. The first-order valence-electron chi connectivity index (χ1n) is 8.29. The molecule has 6 nitrogen and oxygen atoms in total. The average molecular weight is 474 g/mol. The highest BCUT2D eigenvalue weighted by Crippen LogP contribution is 2.24. The summed E-state index contributed by atoms with van der Waals surface area (Å²) >= 11 is 9.19. The topological polar surface area (TPSA) is 66.9 Å². The van der Waals surface area contributed by atoms with Gasteiger partial charge in [0.05, 0.1) is 9.37 Å². The summed E-state index contributed by atoms with van der Waals surface area (Å²) in [6.45, 7) is 1.04. The van der Waals surface area contributed by atoms with Crippen LogP contribution in [0.5, 0.6) is 5.75 Å². The van der Waals surface area contributed by atoms with Crippen LogP contribution in [0, 0.1) is 0 Å². The summed E-state index contributed by atoms with van der Waals surface area (Å²) in [6.07, 6.45) is 0. The maximum atomic E-state index is 12.7. The summed E-state index contributed by atoms with van der Waals surface area (Å²) in [5, 5.41) is 0.481. The molecule has 1 amide bonds. The Hall–Kier alpha value is -1.61. The zero-order chi connectivity index (χ0) is 19.4. The van der Waals surface area contributed by atoms with Crippen molar-refractivity contribution in [2.45, 2.75) is 4.90 Å². The Morgan fingerprint density at radius 3 is 2.30 bits per heavy atom. The van der Waals surface area contributed by atoms with E-state index in [1.165, 1.54) is 16.4 Å². The number of hydrogen-bond acceptors (Lipinski definition) is 4. The highest BCUT2D eigenvalue weighted by Gasteiger charge is 2.30. The van der Waals surface area contributed by atoms with E-state index in [1.54, 1.807) is 23.1 Å². The quantitative estimate of drug-likeness (QED) is 0.669. The first kappa shape index (κ1) is 20.1. The van der Waals surface area contributed by atoms with E-state index in [-0.39, 0.29) is 30.5 Å². The number of nitrogens with zero attached hydrogens (tertiary/aromatic N) is 2. The van der Waals surface area contributed by atoms with Crippen molar-refractivity contribution in [2.24, 2.45) is 0 Å². The Morgan fingerprint density at radius 1 is 1.04 bits per heavy atom. The van der Waals surface area contributed by atoms with Crippen molar-refractivity contribution in [3.63, 3.8) is 0 Å². The molecule has 0 spiro atoms. The summed E-state index contributed by atoms with van der Waals surface area (Å²) < 4.78 is 33.0. The fourth-order valence-corrected chi connectivity index (χ4v) is 4.67. The lowest BCUT2D eigenvalue weighted by Crippen LogP contribution is -2.51. The lowest BCUT2D eigenvalue weighted by Gasteiger charge is -2.34. The summed E-state index contributed by atoms with van der Waals surface area (Å²) in [7, 11) is -3.59. The molecule has 1 fully saturated rings. The number of para-hydroxylation sites is 1. The smallest absolute Gasteiger partial charge is 0.260 e. The minimum Gasteiger partial charge on any atom is -0.483 e. The van der Waals surface area contributed by atoms with Crippen LogP contribution < -0.4 is 4.74 Å². The summed E-state index contributed by atoms with van der Waals surface area (Å²) in [5.41, 5.74) is 0. The number of ether oxygens (including phenoxy) is 1. The van der Waals surface area contributed by atoms with E-state index in [0.717, 1.165) is 4.47 Å². The van der Waals surface area contributed by atoms with Gasteiger partial charge < -0.3 is 9.64 Å². The Bertz CT molecular complexity index is 913. The zero-order valence-electron chi connectivity index (χ0n) is 14.3. The molecule has 0 aromatic heterocycles. The van der Waals surface area contributed by atoms with Crippen molar-refractivity contribution in [1.29, 1.82) is 0 Å². The van der Waals surface area contributed by atoms with Gasteiger partial charge >= 0.3 is 0 Å². The normalized spacial score (nSPS) is 15.6. The van der Waals surface area contributed by atoms with Gasteiger partial charge in [0.2, 0.25) is 10.0 Å². The molecule has 1 aliphatic heterocycles. The lowest BCUT2D eigenvalue weighted by atomic mass is 10.3. The van der Waals surface area contributed by atoms with E-state index in [9.17, 15) is 13.2 Å². The summed E-state index contributed by atoms with van der Waals surface area (Å²) in [4.78, 5) is 14.2. The zero-order valence-corrected chi connectivity index (χ0v) is 17.5. The summed E-state index contributed by atoms with van der Waals surface area (Å²) in [6, 6.07) is 13.4. The molecular weight excluding hydrogens is 456 g/mol. The molecule has 144 valence electrons. The summed E-state index contributed by atoms with van der Waals surface area (Å²) in [5.74, 6) is 0.420. The molecule has 0 atom stereocenters. The number of sulfonamides is 1. The maximum Gasteiger partial charge on any atom is 0.260 e. The molecule has 1 heterocycles. The molecule has 1 saturated heterocycles. The van der Waals surface area contributed by atoms with Crippen molar-refractivity contribution in [3.05, 3.63) is 58.0 Å². The SMILES string of the molecule is O=C(COc1ccccc1Br)N1CCN(S(=O)(=O)c2ccc(Cl)cc2)CC1. The molecule has 3 rings (SSSR count). The Labute approximate surface area is 171 Å². The maximum absolute atomic E-state index is 12.7.